The van der Waals surface area contributed by atoms with Gasteiger partial charge in [-0.3, -0.25) is 9.59 Å². The van der Waals surface area contributed by atoms with Crippen LogP contribution in [0, 0.1) is 5.92 Å². The molecule has 0 aliphatic heterocycles. The van der Waals surface area contributed by atoms with Crippen LogP contribution >= 0.6 is 0 Å². The number of amides is 1. The Labute approximate surface area is 156 Å². The summed E-state index contributed by atoms with van der Waals surface area (Å²) in [6.07, 6.45) is 0.598. The van der Waals surface area contributed by atoms with Crippen LogP contribution in [0.3, 0.4) is 0 Å². The minimum atomic E-state index is -1.11. The van der Waals surface area contributed by atoms with Gasteiger partial charge in [-0.15, -0.1) is 0 Å². The van der Waals surface area contributed by atoms with Gasteiger partial charge in [0.05, 0.1) is 12.8 Å². The van der Waals surface area contributed by atoms with Crippen LogP contribution in [0.1, 0.15) is 20.3 Å². The van der Waals surface area contributed by atoms with Gasteiger partial charge in [-0.05, 0) is 24.1 Å². The second-order valence-electron chi connectivity index (χ2n) is 6.22. The number of benzene rings is 1. The molecule has 0 aliphatic carbocycles. The standard InChI is InChI=1S/C19H23N3O5/c1-4-12(2)18(19(25)26)20-16(23)11-22-17(24)9-8-15(21-22)13-6-5-7-14(10-13)27-3/h5-10,12,18H,4,11H2,1-3H3,(H,20,23)(H,25,26)/t12-,18-/m1/s1. The number of methoxy groups -OCH3 is 1. The van der Waals surface area contributed by atoms with Crippen molar-refractivity contribution in [2.45, 2.75) is 32.9 Å². The van der Waals surface area contributed by atoms with Crippen LogP contribution < -0.4 is 15.6 Å². The van der Waals surface area contributed by atoms with E-state index in [1.165, 1.54) is 6.07 Å². The number of hydrogen-bond donors (Lipinski definition) is 2. The van der Waals surface area contributed by atoms with Crippen molar-refractivity contribution in [2.75, 3.05) is 7.11 Å². The number of rotatable bonds is 8. The number of carbonyl (C=O) groups is 2. The molecule has 144 valence electrons. The van der Waals surface area contributed by atoms with Crippen LogP contribution in [-0.2, 0) is 16.1 Å². The van der Waals surface area contributed by atoms with Crippen molar-refractivity contribution in [1.82, 2.24) is 15.1 Å². The summed E-state index contributed by atoms with van der Waals surface area (Å²) < 4.78 is 6.19. The highest BCUT2D eigenvalue weighted by molar-refractivity contribution is 5.83. The third-order valence-corrected chi connectivity index (χ3v) is 4.32. The molecule has 0 saturated heterocycles. The van der Waals surface area contributed by atoms with E-state index in [0.717, 1.165) is 10.2 Å². The van der Waals surface area contributed by atoms with Crippen LogP contribution in [0.25, 0.3) is 11.3 Å². The Morgan fingerprint density at radius 3 is 2.67 bits per heavy atom. The Morgan fingerprint density at radius 1 is 1.30 bits per heavy atom. The van der Waals surface area contributed by atoms with Crippen LogP contribution in [0.4, 0.5) is 0 Å². The van der Waals surface area contributed by atoms with Crippen molar-refractivity contribution in [3.63, 3.8) is 0 Å². The van der Waals surface area contributed by atoms with Gasteiger partial charge in [-0.1, -0.05) is 32.4 Å². The molecule has 1 aromatic carbocycles. The lowest BCUT2D eigenvalue weighted by Crippen LogP contribution is -2.47. The zero-order valence-corrected chi connectivity index (χ0v) is 15.5. The molecule has 2 atom stereocenters. The van der Waals surface area contributed by atoms with Gasteiger partial charge >= 0.3 is 5.97 Å². The molecule has 2 rings (SSSR count). The SMILES string of the molecule is CC[C@@H](C)[C@@H](NC(=O)Cn1nc(-c2cccc(OC)c2)ccc1=O)C(=O)O. The van der Waals surface area contributed by atoms with Crippen molar-refractivity contribution in [3.8, 4) is 17.0 Å². The Balaban J connectivity index is 2.22. The van der Waals surface area contributed by atoms with Crippen LogP contribution in [-0.4, -0.2) is 39.9 Å². The number of aromatic nitrogens is 2. The number of carboxylic acid groups (broad SMARTS) is 1. The van der Waals surface area contributed by atoms with E-state index >= 15 is 0 Å². The fourth-order valence-electron chi connectivity index (χ4n) is 2.54. The van der Waals surface area contributed by atoms with Crippen LogP contribution in [0.2, 0.25) is 0 Å². The van der Waals surface area contributed by atoms with E-state index in [9.17, 15) is 19.5 Å². The average molecular weight is 373 g/mol. The lowest BCUT2D eigenvalue weighted by molar-refractivity contribution is -0.143. The molecular formula is C19H23N3O5. The predicted molar refractivity (Wildman–Crippen MR) is 99.5 cm³/mol. The molecule has 8 nitrogen and oxygen atoms in total. The normalized spacial score (nSPS) is 12.9. The summed E-state index contributed by atoms with van der Waals surface area (Å²) >= 11 is 0. The van der Waals surface area contributed by atoms with E-state index in [-0.39, 0.29) is 12.5 Å². The van der Waals surface area contributed by atoms with Crippen molar-refractivity contribution in [1.29, 1.82) is 0 Å². The summed E-state index contributed by atoms with van der Waals surface area (Å²) in [5, 5.41) is 16.0. The molecule has 0 saturated carbocycles. The molecule has 0 fully saturated rings. The molecule has 1 amide bonds. The summed E-state index contributed by atoms with van der Waals surface area (Å²) in [5.74, 6) is -1.29. The quantitative estimate of drug-likeness (QED) is 0.726. The van der Waals surface area contributed by atoms with Crippen LogP contribution in [0.5, 0.6) is 5.75 Å². The van der Waals surface area contributed by atoms with E-state index in [2.05, 4.69) is 10.4 Å². The smallest absolute Gasteiger partial charge is 0.326 e. The summed E-state index contributed by atoms with van der Waals surface area (Å²) in [6, 6.07) is 9.02. The summed E-state index contributed by atoms with van der Waals surface area (Å²) in [7, 11) is 1.55. The van der Waals surface area contributed by atoms with E-state index in [4.69, 9.17) is 4.74 Å². The first-order chi connectivity index (χ1) is 12.8. The number of nitrogens with zero attached hydrogens (tertiary/aromatic N) is 2. The van der Waals surface area contributed by atoms with Gasteiger partial charge in [-0.25, -0.2) is 9.48 Å². The first kappa shape index (κ1) is 20.2. The number of aliphatic carboxylic acids is 1. The van der Waals surface area contributed by atoms with E-state index < -0.39 is 23.5 Å². The molecule has 1 heterocycles. The van der Waals surface area contributed by atoms with Crippen LogP contribution in [0.15, 0.2) is 41.2 Å². The second kappa shape index (κ2) is 8.98. The van der Waals surface area contributed by atoms with Gasteiger partial charge < -0.3 is 15.2 Å². The minimum Gasteiger partial charge on any atom is -0.497 e. The Hall–Kier alpha value is -3.16. The van der Waals surface area contributed by atoms with Gasteiger partial charge in [0, 0.05) is 11.6 Å². The highest BCUT2D eigenvalue weighted by Gasteiger charge is 2.25. The predicted octanol–water partition coefficient (Wildman–Crippen LogP) is 1.53. The lowest BCUT2D eigenvalue weighted by Gasteiger charge is -2.20. The number of carboxylic acids is 1. The number of carbonyl (C=O) groups excluding carboxylic acids is 1. The van der Waals surface area contributed by atoms with Crippen molar-refractivity contribution >= 4 is 11.9 Å². The maximum atomic E-state index is 12.3. The molecule has 0 aliphatic rings. The third kappa shape index (κ3) is 5.16. The molecule has 0 spiro atoms. The molecule has 1 aromatic heterocycles. The van der Waals surface area contributed by atoms with E-state index in [1.54, 1.807) is 38.3 Å². The molecule has 2 aromatic rings. The molecule has 27 heavy (non-hydrogen) atoms. The first-order valence-corrected chi connectivity index (χ1v) is 8.60. The van der Waals surface area contributed by atoms with Gasteiger partial charge in [0.2, 0.25) is 5.91 Å². The topological polar surface area (TPSA) is 111 Å². The first-order valence-electron chi connectivity index (χ1n) is 8.60. The highest BCUT2D eigenvalue weighted by Crippen LogP contribution is 2.21. The lowest BCUT2D eigenvalue weighted by atomic mass is 9.99. The number of hydrogen-bond acceptors (Lipinski definition) is 5. The monoisotopic (exact) mass is 373 g/mol. The fourth-order valence-corrected chi connectivity index (χ4v) is 2.54. The Bertz CT molecular complexity index is 878. The fraction of sp³-hybridized carbons (Fsp3) is 0.368. The number of ether oxygens (including phenoxy) is 1. The van der Waals surface area contributed by atoms with E-state index in [0.29, 0.717) is 17.9 Å². The van der Waals surface area contributed by atoms with Crippen molar-refractivity contribution < 1.29 is 19.4 Å². The minimum absolute atomic E-state index is 0.237. The molecule has 0 bridgehead atoms. The summed E-state index contributed by atoms with van der Waals surface area (Å²) in [4.78, 5) is 35.6. The molecule has 8 heteroatoms. The highest BCUT2D eigenvalue weighted by atomic mass is 16.5. The van der Waals surface area contributed by atoms with Crippen molar-refractivity contribution in [2.24, 2.45) is 5.92 Å². The van der Waals surface area contributed by atoms with Gasteiger partial charge in [0.25, 0.3) is 5.56 Å². The van der Waals surface area contributed by atoms with Gasteiger partial charge in [0.1, 0.15) is 18.3 Å². The zero-order chi connectivity index (χ0) is 20.0. The maximum Gasteiger partial charge on any atom is 0.326 e. The number of nitrogens with one attached hydrogen (secondary N) is 1. The Kier molecular flexibility index (Phi) is 6.70. The Morgan fingerprint density at radius 2 is 2.04 bits per heavy atom. The average Bonchev–Trinajstić information content (AvgIpc) is 2.67. The molecular weight excluding hydrogens is 350 g/mol. The van der Waals surface area contributed by atoms with Crippen molar-refractivity contribution in [3.05, 3.63) is 46.8 Å². The zero-order valence-electron chi connectivity index (χ0n) is 15.5. The molecule has 2 N–H and O–H groups in total. The second-order valence-corrected chi connectivity index (χ2v) is 6.22. The third-order valence-electron chi connectivity index (χ3n) is 4.32. The molecule has 0 radical (unpaired) electrons. The summed E-state index contributed by atoms with van der Waals surface area (Å²) in [5.41, 5.74) is 0.775. The van der Waals surface area contributed by atoms with E-state index in [1.807, 2.05) is 13.0 Å². The van der Waals surface area contributed by atoms with Gasteiger partial charge in [-0.2, -0.15) is 5.10 Å². The molecule has 0 unspecified atom stereocenters. The maximum absolute atomic E-state index is 12.3. The summed E-state index contributed by atoms with van der Waals surface area (Å²) in [6.45, 7) is 3.22. The van der Waals surface area contributed by atoms with Gasteiger partial charge in [0.15, 0.2) is 0 Å². The largest absolute Gasteiger partial charge is 0.497 e.